The van der Waals surface area contributed by atoms with Gasteiger partial charge in [0.1, 0.15) is 19.5 Å². The Hall–Kier alpha value is -3.57. The summed E-state index contributed by atoms with van der Waals surface area (Å²) in [7, 11) is 0. The highest BCUT2D eigenvalue weighted by molar-refractivity contribution is 6.32. The summed E-state index contributed by atoms with van der Waals surface area (Å²) in [5.74, 6) is 0.101. The number of nitrogens with zero attached hydrogens (tertiary/aromatic N) is 1. The number of carbonyl (C=O) groups is 1. The normalized spacial score (nSPS) is 10.6. The number of halogens is 1. The Bertz CT molecular complexity index is 1130. The van der Waals surface area contributed by atoms with E-state index in [9.17, 15) is 4.79 Å². The maximum atomic E-state index is 12.3. The predicted molar refractivity (Wildman–Crippen MR) is 113 cm³/mol. The van der Waals surface area contributed by atoms with Crippen molar-refractivity contribution < 1.29 is 18.7 Å². The number of rotatable bonds is 7. The molecule has 0 atom stereocenters. The van der Waals surface area contributed by atoms with Crippen molar-refractivity contribution in [2.75, 3.05) is 0 Å². The van der Waals surface area contributed by atoms with Crippen molar-refractivity contribution in [2.24, 2.45) is 0 Å². The van der Waals surface area contributed by atoms with Gasteiger partial charge in [-0.25, -0.2) is 9.78 Å². The van der Waals surface area contributed by atoms with E-state index in [2.05, 4.69) is 4.98 Å². The van der Waals surface area contributed by atoms with E-state index in [0.29, 0.717) is 22.9 Å². The van der Waals surface area contributed by atoms with E-state index >= 15 is 0 Å². The van der Waals surface area contributed by atoms with Crippen LogP contribution in [-0.2, 0) is 18.0 Å². The van der Waals surface area contributed by atoms with Gasteiger partial charge in [0.25, 0.3) is 0 Å². The van der Waals surface area contributed by atoms with Crippen LogP contribution in [-0.4, -0.2) is 11.0 Å². The molecule has 6 heteroatoms. The molecular weight excluding hydrogens is 402 g/mol. The summed E-state index contributed by atoms with van der Waals surface area (Å²) in [6.07, 6.45) is 1.27. The summed E-state index contributed by atoms with van der Waals surface area (Å²) >= 11 is 6.35. The maximum absolute atomic E-state index is 12.3. The first kappa shape index (κ1) is 19.7. The molecule has 1 aromatic heterocycles. The highest BCUT2D eigenvalue weighted by Gasteiger charge is 2.19. The smallest absolute Gasteiger partial charge is 0.360 e. The summed E-state index contributed by atoms with van der Waals surface area (Å²) in [6, 6.07) is 24.4. The minimum absolute atomic E-state index is 0.0786. The van der Waals surface area contributed by atoms with Gasteiger partial charge in [-0.05, 0) is 23.3 Å². The van der Waals surface area contributed by atoms with Crippen molar-refractivity contribution in [1.29, 1.82) is 0 Å². The highest BCUT2D eigenvalue weighted by atomic mass is 35.5. The Morgan fingerprint density at radius 2 is 1.53 bits per heavy atom. The summed E-state index contributed by atoms with van der Waals surface area (Å²) in [4.78, 5) is 16.6. The molecule has 5 nitrogen and oxygen atoms in total. The van der Waals surface area contributed by atoms with Crippen molar-refractivity contribution >= 4 is 17.6 Å². The van der Waals surface area contributed by atoms with Gasteiger partial charge in [-0.2, -0.15) is 0 Å². The molecule has 0 N–H and O–H groups in total. The SMILES string of the molecule is O=C(OCc1ccccc1)c1coc(-c2cccc(Cl)c2OCc2ccccc2)n1. The first-order valence-corrected chi connectivity index (χ1v) is 9.70. The first-order chi connectivity index (χ1) is 14.7. The largest absolute Gasteiger partial charge is 0.487 e. The number of ether oxygens (including phenoxy) is 2. The average molecular weight is 420 g/mol. The Morgan fingerprint density at radius 3 is 2.23 bits per heavy atom. The van der Waals surface area contributed by atoms with E-state index in [-0.39, 0.29) is 18.2 Å². The lowest BCUT2D eigenvalue weighted by Crippen LogP contribution is -2.05. The van der Waals surface area contributed by atoms with Crippen LogP contribution >= 0.6 is 11.6 Å². The van der Waals surface area contributed by atoms with Crippen molar-refractivity contribution in [3.05, 3.63) is 107 Å². The molecule has 4 aromatic rings. The fraction of sp³-hybridized carbons (Fsp3) is 0.0833. The van der Waals surface area contributed by atoms with Crippen molar-refractivity contribution in [3.63, 3.8) is 0 Å². The Morgan fingerprint density at radius 1 is 0.867 bits per heavy atom. The van der Waals surface area contributed by atoms with Gasteiger partial charge < -0.3 is 13.9 Å². The molecule has 0 saturated carbocycles. The van der Waals surface area contributed by atoms with Crippen LogP contribution in [0.3, 0.4) is 0 Å². The van der Waals surface area contributed by atoms with Crippen LogP contribution in [0.25, 0.3) is 11.5 Å². The van der Waals surface area contributed by atoms with E-state index in [1.807, 2.05) is 60.7 Å². The molecule has 3 aromatic carbocycles. The molecule has 0 unspecified atom stereocenters. The molecule has 0 spiro atoms. The number of hydrogen-bond donors (Lipinski definition) is 0. The van der Waals surface area contributed by atoms with Crippen LogP contribution in [0.2, 0.25) is 5.02 Å². The lowest BCUT2D eigenvalue weighted by atomic mass is 10.2. The molecule has 30 heavy (non-hydrogen) atoms. The van der Waals surface area contributed by atoms with Gasteiger partial charge in [0.05, 0.1) is 10.6 Å². The third-order valence-corrected chi connectivity index (χ3v) is 4.65. The lowest BCUT2D eigenvalue weighted by molar-refractivity contribution is 0.0465. The summed E-state index contributed by atoms with van der Waals surface area (Å²) < 4.78 is 16.8. The molecule has 0 fully saturated rings. The first-order valence-electron chi connectivity index (χ1n) is 9.33. The number of oxazole rings is 1. The number of aromatic nitrogens is 1. The second kappa shape index (κ2) is 9.29. The van der Waals surface area contributed by atoms with E-state index in [0.717, 1.165) is 11.1 Å². The quantitative estimate of drug-likeness (QED) is 0.347. The van der Waals surface area contributed by atoms with Gasteiger partial charge in [0, 0.05) is 0 Å². The van der Waals surface area contributed by atoms with Crippen molar-refractivity contribution in [1.82, 2.24) is 4.98 Å². The van der Waals surface area contributed by atoms with Gasteiger partial charge in [-0.15, -0.1) is 0 Å². The third-order valence-electron chi connectivity index (χ3n) is 4.35. The molecule has 0 aliphatic heterocycles. The zero-order valence-corrected chi connectivity index (χ0v) is 16.7. The number of carbonyl (C=O) groups excluding carboxylic acids is 1. The lowest BCUT2D eigenvalue weighted by Gasteiger charge is -2.11. The van der Waals surface area contributed by atoms with E-state index in [1.165, 1.54) is 6.26 Å². The Labute approximate surface area is 178 Å². The Kier molecular flexibility index (Phi) is 6.11. The Balaban J connectivity index is 1.50. The van der Waals surface area contributed by atoms with E-state index in [1.54, 1.807) is 18.2 Å². The minimum Gasteiger partial charge on any atom is -0.487 e. The molecule has 0 aliphatic rings. The summed E-state index contributed by atoms with van der Waals surface area (Å²) in [6.45, 7) is 0.495. The number of hydrogen-bond acceptors (Lipinski definition) is 5. The summed E-state index contributed by atoms with van der Waals surface area (Å²) in [5, 5.41) is 0.426. The molecule has 0 bridgehead atoms. The van der Waals surface area contributed by atoms with Gasteiger partial charge in [0.2, 0.25) is 5.89 Å². The van der Waals surface area contributed by atoms with Crippen LogP contribution < -0.4 is 4.74 Å². The monoisotopic (exact) mass is 419 g/mol. The minimum atomic E-state index is -0.567. The molecule has 0 saturated heterocycles. The van der Waals surface area contributed by atoms with Crippen LogP contribution in [0.1, 0.15) is 21.6 Å². The molecule has 0 aliphatic carbocycles. The van der Waals surface area contributed by atoms with Crippen LogP contribution in [0.15, 0.2) is 89.5 Å². The summed E-state index contributed by atoms with van der Waals surface area (Å²) in [5.41, 5.74) is 2.53. The second-order valence-corrected chi connectivity index (χ2v) is 6.90. The predicted octanol–water partition coefficient (Wildman–Crippen LogP) is 5.93. The fourth-order valence-electron chi connectivity index (χ4n) is 2.84. The van der Waals surface area contributed by atoms with Gasteiger partial charge in [-0.1, -0.05) is 78.3 Å². The molecule has 0 amide bonds. The van der Waals surface area contributed by atoms with Gasteiger partial charge in [-0.3, -0.25) is 0 Å². The van der Waals surface area contributed by atoms with Crippen LogP contribution in [0, 0.1) is 0 Å². The van der Waals surface area contributed by atoms with Crippen LogP contribution in [0.4, 0.5) is 0 Å². The van der Waals surface area contributed by atoms with Gasteiger partial charge in [0.15, 0.2) is 11.4 Å². The third kappa shape index (κ3) is 4.70. The zero-order chi connectivity index (χ0) is 20.8. The van der Waals surface area contributed by atoms with E-state index < -0.39 is 5.97 Å². The van der Waals surface area contributed by atoms with E-state index in [4.69, 9.17) is 25.5 Å². The second-order valence-electron chi connectivity index (χ2n) is 6.49. The molecule has 1 heterocycles. The molecule has 4 rings (SSSR count). The molecule has 150 valence electrons. The van der Waals surface area contributed by atoms with Crippen LogP contribution in [0.5, 0.6) is 5.75 Å². The fourth-order valence-corrected chi connectivity index (χ4v) is 3.07. The highest BCUT2D eigenvalue weighted by Crippen LogP contribution is 2.36. The number of para-hydroxylation sites is 1. The van der Waals surface area contributed by atoms with Gasteiger partial charge >= 0.3 is 5.97 Å². The topological polar surface area (TPSA) is 61.6 Å². The zero-order valence-electron chi connectivity index (χ0n) is 16.0. The number of esters is 1. The maximum Gasteiger partial charge on any atom is 0.360 e. The van der Waals surface area contributed by atoms with Crippen molar-refractivity contribution in [2.45, 2.75) is 13.2 Å². The number of benzene rings is 3. The molecular formula is C24H18ClNO4. The average Bonchev–Trinajstić information content (AvgIpc) is 3.28. The standard InChI is InChI=1S/C24H18ClNO4/c25-20-13-7-12-19(22(20)28-14-17-8-3-1-4-9-17)23-26-21(16-29-23)24(27)30-15-18-10-5-2-6-11-18/h1-13,16H,14-15H2. The van der Waals surface area contributed by atoms with Crippen molar-refractivity contribution in [3.8, 4) is 17.2 Å². The molecule has 0 radical (unpaired) electrons.